The van der Waals surface area contributed by atoms with Crippen molar-refractivity contribution in [3.63, 3.8) is 0 Å². The van der Waals surface area contributed by atoms with E-state index in [9.17, 15) is 10.2 Å². The molecule has 0 aromatic rings. The third-order valence-electron chi connectivity index (χ3n) is 2.75. The second kappa shape index (κ2) is 11.3. The molecule has 0 heterocycles. The summed E-state index contributed by atoms with van der Waals surface area (Å²) < 4.78 is 0. The van der Waals surface area contributed by atoms with Gasteiger partial charge in [-0.05, 0) is 25.9 Å². The molecule has 0 aliphatic rings. The number of hydrogen-bond donors (Lipinski definition) is 4. The van der Waals surface area contributed by atoms with Gasteiger partial charge in [-0.1, -0.05) is 26.7 Å². The van der Waals surface area contributed by atoms with Crippen molar-refractivity contribution in [1.82, 2.24) is 10.6 Å². The zero-order valence-electron chi connectivity index (χ0n) is 10.7. The van der Waals surface area contributed by atoms with Gasteiger partial charge in [-0.15, -0.1) is 0 Å². The quantitative estimate of drug-likeness (QED) is 0.391. The van der Waals surface area contributed by atoms with Gasteiger partial charge in [0.25, 0.3) is 0 Å². The first-order valence-corrected chi connectivity index (χ1v) is 6.48. The van der Waals surface area contributed by atoms with Crippen molar-refractivity contribution in [2.75, 3.05) is 26.3 Å². The first-order chi connectivity index (χ1) is 7.79. The van der Waals surface area contributed by atoms with Gasteiger partial charge in [-0.25, -0.2) is 0 Å². The summed E-state index contributed by atoms with van der Waals surface area (Å²) in [7, 11) is 0. The fourth-order valence-electron chi connectivity index (χ4n) is 1.60. The van der Waals surface area contributed by atoms with Crippen LogP contribution in [0.5, 0.6) is 0 Å². The van der Waals surface area contributed by atoms with Crippen molar-refractivity contribution < 1.29 is 10.2 Å². The van der Waals surface area contributed by atoms with Gasteiger partial charge in [0.2, 0.25) is 0 Å². The van der Waals surface area contributed by atoms with Crippen LogP contribution in [-0.4, -0.2) is 48.6 Å². The summed E-state index contributed by atoms with van der Waals surface area (Å²) in [6, 6.07) is -0.0955. The summed E-state index contributed by atoms with van der Waals surface area (Å²) in [5, 5.41) is 25.1. The highest BCUT2D eigenvalue weighted by Gasteiger charge is 2.18. The van der Waals surface area contributed by atoms with Crippen LogP contribution in [0, 0.1) is 0 Å². The lowest BCUT2D eigenvalue weighted by molar-refractivity contribution is 0.159. The molecule has 4 N–H and O–H groups in total. The molecule has 0 spiro atoms. The highest BCUT2D eigenvalue weighted by molar-refractivity contribution is 4.81. The molecule has 0 saturated heterocycles. The van der Waals surface area contributed by atoms with Gasteiger partial charge < -0.3 is 20.8 Å². The van der Waals surface area contributed by atoms with Crippen LogP contribution in [0.15, 0.2) is 0 Å². The van der Waals surface area contributed by atoms with Gasteiger partial charge in [-0.2, -0.15) is 0 Å². The molecule has 0 rings (SSSR count). The summed E-state index contributed by atoms with van der Waals surface area (Å²) in [6.45, 7) is 6.20. The molecule has 16 heavy (non-hydrogen) atoms. The molecular weight excluding hydrogens is 204 g/mol. The van der Waals surface area contributed by atoms with Crippen LogP contribution in [0.3, 0.4) is 0 Å². The van der Waals surface area contributed by atoms with E-state index in [1.807, 2.05) is 0 Å². The van der Waals surface area contributed by atoms with Crippen molar-refractivity contribution >= 4 is 0 Å². The van der Waals surface area contributed by atoms with Crippen LogP contribution in [0.4, 0.5) is 0 Å². The minimum Gasteiger partial charge on any atom is -0.395 e. The third-order valence-corrected chi connectivity index (χ3v) is 2.75. The molecule has 2 atom stereocenters. The molecule has 0 unspecified atom stereocenters. The van der Waals surface area contributed by atoms with Crippen molar-refractivity contribution in [3.8, 4) is 0 Å². The summed E-state index contributed by atoms with van der Waals surface area (Å²) in [6.07, 6.45) is 4.48. The van der Waals surface area contributed by atoms with Crippen LogP contribution in [0.2, 0.25) is 0 Å². The SMILES string of the molecule is CCCCN[C@@H](CO)[C@H](CO)NCCCC. The molecule has 98 valence electrons. The van der Waals surface area contributed by atoms with E-state index in [1.54, 1.807) is 0 Å². The number of aliphatic hydroxyl groups excluding tert-OH is 2. The van der Waals surface area contributed by atoms with Crippen molar-refractivity contribution in [1.29, 1.82) is 0 Å². The molecule has 0 bridgehead atoms. The highest BCUT2D eigenvalue weighted by atomic mass is 16.3. The number of aliphatic hydroxyl groups is 2. The Morgan fingerprint density at radius 1 is 0.812 bits per heavy atom. The molecule has 0 aromatic carbocycles. The predicted octanol–water partition coefficient (Wildman–Crippen LogP) is 0.488. The van der Waals surface area contributed by atoms with Crippen molar-refractivity contribution in [2.24, 2.45) is 0 Å². The minimum atomic E-state index is -0.0478. The van der Waals surface area contributed by atoms with E-state index in [2.05, 4.69) is 24.5 Å². The monoisotopic (exact) mass is 232 g/mol. The average molecular weight is 232 g/mol. The van der Waals surface area contributed by atoms with Crippen LogP contribution < -0.4 is 10.6 Å². The van der Waals surface area contributed by atoms with E-state index in [0.29, 0.717) is 0 Å². The van der Waals surface area contributed by atoms with Crippen LogP contribution in [0.1, 0.15) is 39.5 Å². The molecule has 0 aliphatic carbocycles. The summed E-state index contributed by atoms with van der Waals surface area (Å²) in [5.41, 5.74) is 0. The largest absolute Gasteiger partial charge is 0.395 e. The Labute approximate surface area is 99.4 Å². The normalized spacial score (nSPS) is 15.0. The predicted molar refractivity (Wildman–Crippen MR) is 67.6 cm³/mol. The topological polar surface area (TPSA) is 64.5 Å². The molecule has 0 aliphatic heterocycles. The highest BCUT2D eigenvalue weighted by Crippen LogP contribution is 1.95. The standard InChI is InChI=1S/C12H28N2O2/c1-3-5-7-13-11(9-15)12(10-16)14-8-6-4-2/h11-16H,3-10H2,1-2H3/t11-,12-/m0/s1. The van der Waals surface area contributed by atoms with E-state index < -0.39 is 0 Å². The number of unbranched alkanes of at least 4 members (excludes halogenated alkanes) is 2. The molecular formula is C12H28N2O2. The van der Waals surface area contributed by atoms with Gasteiger partial charge in [0.05, 0.1) is 13.2 Å². The second-order valence-corrected chi connectivity index (χ2v) is 4.19. The molecule has 4 heteroatoms. The van der Waals surface area contributed by atoms with Gasteiger partial charge in [0.15, 0.2) is 0 Å². The maximum atomic E-state index is 9.27. The van der Waals surface area contributed by atoms with E-state index in [0.717, 1.165) is 38.8 Å². The molecule has 0 fully saturated rings. The summed E-state index contributed by atoms with van der Waals surface area (Å²) >= 11 is 0. The Balaban J connectivity index is 3.85. The van der Waals surface area contributed by atoms with Crippen LogP contribution in [0.25, 0.3) is 0 Å². The van der Waals surface area contributed by atoms with Crippen LogP contribution in [-0.2, 0) is 0 Å². The van der Waals surface area contributed by atoms with E-state index in [-0.39, 0.29) is 25.3 Å². The molecule has 0 aromatic heterocycles. The summed E-state index contributed by atoms with van der Waals surface area (Å²) in [4.78, 5) is 0. The lowest BCUT2D eigenvalue weighted by Gasteiger charge is -2.26. The van der Waals surface area contributed by atoms with Crippen LogP contribution >= 0.6 is 0 Å². The Morgan fingerprint density at radius 3 is 1.44 bits per heavy atom. The summed E-state index contributed by atoms with van der Waals surface area (Å²) in [5.74, 6) is 0. The van der Waals surface area contributed by atoms with Gasteiger partial charge in [0, 0.05) is 12.1 Å². The number of rotatable bonds is 11. The minimum absolute atomic E-state index is 0.0478. The molecule has 0 saturated carbocycles. The lowest BCUT2D eigenvalue weighted by Crippen LogP contribution is -2.52. The van der Waals surface area contributed by atoms with Crippen molar-refractivity contribution in [2.45, 2.75) is 51.6 Å². The number of hydrogen-bond acceptors (Lipinski definition) is 4. The third kappa shape index (κ3) is 7.17. The second-order valence-electron chi connectivity index (χ2n) is 4.19. The fraction of sp³-hybridized carbons (Fsp3) is 1.00. The first kappa shape index (κ1) is 15.8. The van der Waals surface area contributed by atoms with Crippen molar-refractivity contribution in [3.05, 3.63) is 0 Å². The van der Waals surface area contributed by atoms with Gasteiger partial charge in [-0.3, -0.25) is 0 Å². The average Bonchev–Trinajstić information content (AvgIpc) is 2.31. The Kier molecular flexibility index (Phi) is 11.2. The molecule has 0 amide bonds. The first-order valence-electron chi connectivity index (χ1n) is 6.48. The van der Waals surface area contributed by atoms with Gasteiger partial charge >= 0.3 is 0 Å². The fourth-order valence-corrected chi connectivity index (χ4v) is 1.60. The lowest BCUT2D eigenvalue weighted by atomic mass is 10.1. The zero-order chi connectivity index (χ0) is 12.2. The Hall–Kier alpha value is -0.160. The van der Waals surface area contributed by atoms with E-state index >= 15 is 0 Å². The Bertz CT molecular complexity index is 129. The maximum absolute atomic E-state index is 9.27. The molecule has 4 nitrogen and oxygen atoms in total. The van der Waals surface area contributed by atoms with E-state index in [1.165, 1.54) is 0 Å². The zero-order valence-corrected chi connectivity index (χ0v) is 10.7. The van der Waals surface area contributed by atoms with E-state index in [4.69, 9.17) is 0 Å². The van der Waals surface area contributed by atoms with Gasteiger partial charge in [0.1, 0.15) is 0 Å². The smallest absolute Gasteiger partial charge is 0.0600 e. The Morgan fingerprint density at radius 2 is 1.19 bits per heavy atom. The maximum Gasteiger partial charge on any atom is 0.0600 e. The molecule has 0 radical (unpaired) electrons. The number of nitrogens with one attached hydrogen (secondary N) is 2.